The summed E-state index contributed by atoms with van der Waals surface area (Å²) in [6.07, 6.45) is 18.7. The molecule has 0 spiro atoms. The normalized spacial score (nSPS) is 23.1. The maximum atomic E-state index is 11.9. The molecule has 172 valence electrons. The molecule has 0 saturated carbocycles. The number of aliphatic hydroxyl groups is 3. The second-order valence-corrected chi connectivity index (χ2v) is 7.67. The Balaban J connectivity index is 2.00. The summed E-state index contributed by atoms with van der Waals surface area (Å²) in [6.45, 7) is 1.67. The van der Waals surface area contributed by atoms with E-state index in [1.165, 1.54) is 0 Å². The van der Waals surface area contributed by atoms with Crippen molar-refractivity contribution >= 4 is 5.97 Å². The number of esters is 1. The van der Waals surface area contributed by atoms with Crippen LogP contribution in [0.15, 0.2) is 36.5 Å². The van der Waals surface area contributed by atoms with Gasteiger partial charge in [-0.05, 0) is 38.5 Å². The van der Waals surface area contributed by atoms with Crippen LogP contribution in [-0.4, -0.2) is 58.9 Å². The monoisotopic (exact) mass is 424 g/mol. The van der Waals surface area contributed by atoms with Crippen LogP contribution in [-0.2, 0) is 14.3 Å². The molecule has 0 aromatic rings. The van der Waals surface area contributed by atoms with Crippen molar-refractivity contribution in [3.8, 4) is 0 Å². The zero-order valence-electron chi connectivity index (χ0n) is 18.3. The molecule has 4 atom stereocenters. The van der Waals surface area contributed by atoms with E-state index in [4.69, 9.17) is 9.47 Å². The van der Waals surface area contributed by atoms with Crippen LogP contribution >= 0.6 is 0 Å². The van der Waals surface area contributed by atoms with Crippen LogP contribution in [0.2, 0.25) is 0 Å². The number of hydrogen-bond donors (Lipinski definition) is 3. The van der Waals surface area contributed by atoms with Crippen molar-refractivity contribution in [3.05, 3.63) is 36.5 Å². The number of allylic oxidation sites excluding steroid dienone is 6. The minimum Gasteiger partial charge on any atom is -0.457 e. The van der Waals surface area contributed by atoms with Gasteiger partial charge in [-0.1, -0.05) is 62.6 Å². The molecule has 3 N–H and O–H groups in total. The zero-order chi connectivity index (χ0) is 22.0. The number of unbranched alkanes of at least 4 members (excludes halogenated alkanes) is 5. The van der Waals surface area contributed by atoms with Gasteiger partial charge in [-0.3, -0.25) is 4.79 Å². The maximum Gasteiger partial charge on any atom is 0.306 e. The maximum absolute atomic E-state index is 11.9. The van der Waals surface area contributed by atoms with Gasteiger partial charge in [0.05, 0.1) is 13.2 Å². The van der Waals surface area contributed by atoms with Gasteiger partial charge in [-0.25, -0.2) is 0 Å². The largest absolute Gasteiger partial charge is 0.457 e. The average molecular weight is 425 g/mol. The Kier molecular flexibility index (Phi) is 15.3. The van der Waals surface area contributed by atoms with E-state index in [9.17, 15) is 20.1 Å². The SMILES string of the molecule is CCC=CCC=CCC=CCCCCCCCC(=O)O[C@H](CO)[C@H]1OC[C@H](O)[C@H]1O. The Morgan fingerprint density at radius 3 is 2.27 bits per heavy atom. The van der Waals surface area contributed by atoms with Gasteiger partial charge < -0.3 is 24.8 Å². The fourth-order valence-corrected chi connectivity index (χ4v) is 3.28. The highest BCUT2D eigenvalue weighted by Gasteiger charge is 2.41. The summed E-state index contributed by atoms with van der Waals surface area (Å²) in [7, 11) is 0. The average Bonchev–Trinajstić information content (AvgIpc) is 3.07. The number of carbonyl (C=O) groups is 1. The fourth-order valence-electron chi connectivity index (χ4n) is 3.28. The van der Waals surface area contributed by atoms with Gasteiger partial charge in [-0.15, -0.1) is 0 Å². The first-order valence-electron chi connectivity index (χ1n) is 11.3. The lowest BCUT2D eigenvalue weighted by molar-refractivity contribution is -0.162. The minimum atomic E-state index is -1.15. The van der Waals surface area contributed by atoms with Crippen molar-refractivity contribution in [3.63, 3.8) is 0 Å². The van der Waals surface area contributed by atoms with Gasteiger partial charge in [0.15, 0.2) is 6.10 Å². The molecule has 0 aliphatic carbocycles. The van der Waals surface area contributed by atoms with E-state index in [1.54, 1.807) is 0 Å². The highest BCUT2D eigenvalue weighted by atomic mass is 16.6. The van der Waals surface area contributed by atoms with E-state index < -0.39 is 37.0 Å². The van der Waals surface area contributed by atoms with E-state index in [1.807, 2.05) is 0 Å². The Morgan fingerprint density at radius 1 is 1.00 bits per heavy atom. The van der Waals surface area contributed by atoms with Crippen LogP contribution in [0.1, 0.15) is 71.1 Å². The molecule has 6 nitrogen and oxygen atoms in total. The molecule has 1 rings (SSSR count). The summed E-state index contributed by atoms with van der Waals surface area (Å²) in [5.74, 6) is -0.410. The quantitative estimate of drug-likeness (QED) is 0.199. The number of aliphatic hydroxyl groups excluding tert-OH is 3. The topological polar surface area (TPSA) is 96.2 Å². The fraction of sp³-hybridized carbons (Fsp3) is 0.708. The number of rotatable bonds is 16. The van der Waals surface area contributed by atoms with E-state index in [0.29, 0.717) is 0 Å². The lowest BCUT2D eigenvalue weighted by Crippen LogP contribution is -2.43. The molecule has 0 amide bonds. The van der Waals surface area contributed by atoms with Crippen molar-refractivity contribution in [1.29, 1.82) is 0 Å². The summed E-state index contributed by atoms with van der Waals surface area (Å²) in [5, 5.41) is 28.7. The molecule has 0 aromatic carbocycles. The lowest BCUT2D eigenvalue weighted by atomic mass is 10.1. The van der Waals surface area contributed by atoms with Crippen molar-refractivity contribution in [2.75, 3.05) is 13.2 Å². The summed E-state index contributed by atoms with van der Waals surface area (Å²) in [4.78, 5) is 11.9. The van der Waals surface area contributed by atoms with Gasteiger partial charge in [0, 0.05) is 6.42 Å². The Bertz CT molecular complexity index is 528. The predicted octanol–water partition coefficient (Wildman–Crippen LogP) is 3.60. The van der Waals surface area contributed by atoms with Crippen LogP contribution in [0.3, 0.4) is 0 Å². The summed E-state index contributed by atoms with van der Waals surface area (Å²) in [6, 6.07) is 0. The highest BCUT2D eigenvalue weighted by molar-refractivity contribution is 5.69. The Labute approximate surface area is 181 Å². The predicted molar refractivity (Wildman–Crippen MR) is 118 cm³/mol. The van der Waals surface area contributed by atoms with E-state index >= 15 is 0 Å². The van der Waals surface area contributed by atoms with Gasteiger partial charge in [0.1, 0.15) is 18.3 Å². The van der Waals surface area contributed by atoms with Gasteiger partial charge >= 0.3 is 5.97 Å². The molecular weight excluding hydrogens is 384 g/mol. The van der Waals surface area contributed by atoms with Crippen molar-refractivity contribution in [2.45, 2.75) is 95.5 Å². The zero-order valence-corrected chi connectivity index (χ0v) is 18.3. The minimum absolute atomic E-state index is 0.0254. The highest BCUT2D eigenvalue weighted by Crippen LogP contribution is 2.20. The van der Waals surface area contributed by atoms with E-state index in [2.05, 4.69) is 43.4 Å². The number of ether oxygens (including phenoxy) is 2. The van der Waals surface area contributed by atoms with Crippen molar-refractivity contribution < 1.29 is 29.6 Å². The third-order valence-corrected chi connectivity index (χ3v) is 5.05. The van der Waals surface area contributed by atoms with Gasteiger partial charge in [0.2, 0.25) is 0 Å². The Morgan fingerprint density at radius 2 is 1.63 bits per heavy atom. The van der Waals surface area contributed by atoms with Crippen molar-refractivity contribution in [2.24, 2.45) is 0 Å². The van der Waals surface area contributed by atoms with Crippen LogP contribution in [0.25, 0.3) is 0 Å². The standard InChI is InChI=1S/C24H40O6/c1-2-3-4-5-6-7-8-9-10-11-12-13-14-15-16-17-22(27)30-21(18-25)24-23(28)20(26)19-29-24/h3-4,6-7,9-10,20-21,23-26,28H,2,5,8,11-19H2,1H3/t20-,21+,23+,24+/m0/s1. The molecule has 0 unspecified atom stereocenters. The molecule has 0 aromatic heterocycles. The lowest BCUT2D eigenvalue weighted by Gasteiger charge is -2.24. The van der Waals surface area contributed by atoms with Crippen LogP contribution in [0.4, 0.5) is 0 Å². The van der Waals surface area contributed by atoms with Crippen LogP contribution in [0, 0.1) is 0 Å². The van der Waals surface area contributed by atoms with Gasteiger partial charge in [-0.2, -0.15) is 0 Å². The molecule has 30 heavy (non-hydrogen) atoms. The molecule has 6 heteroatoms. The molecule has 1 fully saturated rings. The molecule has 1 heterocycles. The smallest absolute Gasteiger partial charge is 0.306 e. The van der Waals surface area contributed by atoms with Crippen LogP contribution in [0.5, 0.6) is 0 Å². The summed E-state index contributed by atoms with van der Waals surface area (Å²) in [5.41, 5.74) is 0. The first-order chi connectivity index (χ1) is 14.6. The molecule has 1 aliphatic heterocycles. The van der Waals surface area contributed by atoms with Crippen molar-refractivity contribution in [1.82, 2.24) is 0 Å². The van der Waals surface area contributed by atoms with Gasteiger partial charge in [0.25, 0.3) is 0 Å². The molecule has 1 aliphatic rings. The number of carbonyl (C=O) groups excluding carboxylic acids is 1. The van der Waals surface area contributed by atoms with Crippen LogP contribution < -0.4 is 0 Å². The van der Waals surface area contributed by atoms with E-state index in [-0.39, 0.29) is 13.0 Å². The molecule has 1 saturated heterocycles. The molecule has 0 bridgehead atoms. The summed E-state index contributed by atoms with van der Waals surface area (Å²) >= 11 is 0. The second-order valence-electron chi connectivity index (χ2n) is 7.67. The molecular formula is C24H40O6. The first-order valence-corrected chi connectivity index (χ1v) is 11.3. The number of hydrogen-bond acceptors (Lipinski definition) is 6. The Hall–Kier alpha value is -1.47. The third kappa shape index (κ3) is 11.6. The second kappa shape index (κ2) is 17.2. The first kappa shape index (κ1) is 26.6. The third-order valence-electron chi connectivity index (χ3n) is 5.05. The van der Waals surface area contributed by atoms with E-state index in [0.717, 1.165) is 57.8 Å². The summed E-state index contributed by atoms with van der Waals surface area (Å²) < 4.78 is 10.4. The molecule has 0 radical (unpaired) electrons.